The molecule has 0 bridgehead atoms. The fourth-order valence-electron chi connectivity index (χ4n) is 3.41. The highest BCUT2D eigenvalue weighted by Gasteiger charge is 2.30. The van der Waals surface area contributed by atoms with Crippen LogP contribution in [0.25, 0.3) is 0 Å². The molecule has 3 rings (SSSR count). The molecule has 2 aromatic rings. The Kier molecular flexibility index (Phi) is 7.78. The Labute approximate surface area is 189 Å². The number of carbonyl (C=O) groups excluding carboxylic acids is 2. The summed E-state index contributed by atoms with van der Waals surface area (Å²) < 4.78 is 37.8. The number of nitrogens with one attached hydrogen (secondary N) is 1. The number of amides is 2. The highest BCUT2D eigenvalue weighted by molar-refractivity contribution is 7.99. The van der Waals surface area contributed by atoms with Crippen LogP contribution in [0.15, 0.2) is 41.6 Å². The molecule has 1 aliphatic heterocycles. The molecule has 10 heteroatoms. The number of aromatic nitrogens is 1. The van der Waals surface area contributed by atoms with Gasteiger partial charge in [-0.15, -0.1) is 0 Å². The molecule has 1 saturated heterocycles. The molecule has 0 saturated carbocycles. The van der Waals surface area contributed by atoms with Crippen molar-refractivity contribution in [3.8, 4) is 0 Å². The monoisotopic (exact) mass is 466 g/mol. The number of piperazine rings is 1. The normalized spacial score (nSPS) is 15.0. The maximum atomic E-state index is 12.6. The first-order chi connectivity index (χ1) is 15.1. The lowest BCUT2D eigenvalue weighted by molar-refractivity contribution is -0.138. The van der Waals surface area contributed by atoms with E-state index >= 15 is 0 Å². The third kappa shape index (κ3) is 6.46. The van der Waals surface area contributed by atoms with Gasteiger partial charge in [0, 0.05) is 38.1 Å². The van der Waals surface area contributed by atoms with Gasteiger partial charge in [-0.25, -0.2) is 4.98 Å². The van der Waals surface area contributed by atoms with Crippen LogP contribution in [0, 0.1) is 13.8 Å². The van der Waals surface area contributed by atoms with Crippen LogP contribution in [0.3, 0.4) is 0 Å². The van der Waals surface area contributed by atoms with Gasteiger partial charge in [-0.3, -0.25) is 14.5 Å². The third-order valence-corrected chi connectivity index (χ3v) is 6.17. The van der Waals surface area contributed by atoms with Crippen LogP contribution in [-0.4, -0.2) is 65.1 Å². The first-order valence-corrected chi connectivity index (χ1v) is 11.1. The van der Waals surface area contributed by atoms with Gasteiger partial charge in [0.2, 0.25) is 11.8 Å². The molecule has 0 unspecified atom stereocenters. The van der Waals surface area contributed by atoms with Gasteiger partial charge in [0.15, 0.2) is 0 Å². The van der Waals surface area contributed by atoms with Gasteiger partial charge in [0.05, 0.1) is 22.9 Å². The van der Waals surface area contributed by atoms with E-state index in [1.165, 1.54) is 6.07 Å². The summed E-state index contributed by atoms with van der Waals surface area (Å²) in [5, 5.41) is 3.34. The van der Waals surface area contributed by atoms with E-state index in [2.05, 4.69) is 10.3 Å². The summed E-state index contributed by atoms with van der Waals surface area (Å²) in [5.74, 6) is -0.0896. The number of halogens is 3. The first kappa shape index (κ1) is 24.1. The second-order valence-electron chi connectivity index (χ2n) is 7.64. The Balaban J connectivity index is 1.42. The number of nitrogens with zero attached hydrogens (tertiary/aromatic N) is 3. The standard InChI is InChI=1S/C22H25F3N4O2S/c1-15-4-3-5-16(2)21(15)27-18(30)13-28-8-10-29(11-9-28)20(31)14-32-19-7-6-17(12-26-19)22(23,24)25/h3-7,12H,8-11,13-14H2,1-2H3,(H,27,30). The van der Waals surface area contributed by atoms with E-state index in [0.717, 1.165) is 40.8 Å². The lowest BCUT2D eigenvalue weighted by atomic mass is 10.1. The van der Waals surface area contributed by atoms with Gasteiger partial charge in [0.25, 0.3) is 0 Å². The number of thioether (sulfide) groups is 1. The van der Waals surface area contributed by atoms with E-state index in [9.17, 15) is 22.8 Å². The van der Waals surface area contributed by atoms with Crippen LogP contribution >= 0.6 is 11.8 Å². The second-order valence-corrected chi connectivity index (χ2v) is 8.64. The molecule has 1 aromatic carbocycles. The number of aryl methyl sites for hydroxylation is 2. The maximum Gasteiger partial charge on any atom is 0.417 e. The number of hydrogen-bond donors (Lipinski definition) is 1. The molecule has 32 heavy (non-hydrogen) atoms. The molecule has 2 heterocycles. The third-order valence-electron chi connectivity index (χ3n) is 5.24. The largest absolute Gasteiger partial charge is 0.417 e. The van der Waals surface area contributed by atoms with E-state index in [0.29, 0.717) is 31.2 Å². The topological polar surface area (TPSA) is 65.5 Å². The van der Waals surface area contributed by atoms with Crippen molar-refractivity contribution in [1.29, 1.82) is 0 Å². The lowest BCUT2D eigenvalue weighted by Gasteiger charge is -2.34. The van der Waals surface area contributed by atoms with Crippen molar-refractivity contribution in [2.24, 2.45) is 0 Å². The quantitative estimate of drug-likeness (QED) is 0.660. The van der Waals surface area contributed by atoms with Crippen LogP contribution in [0.5, 0.6) is 0 Å². The predicted molar refractivity (Wildman–Crippen MR) is 118 cm³/mol. The average molecular weight is 467 g/mol. The van der Waals surface area contributed by atoms with Gasteiger partial charge in [0.1, 0.15) is 0 Å². The molecular weight excluding hydrogens is 441 g/mol. The SMILES string of the molecule is Cc1cccc(C)c1NC(=O)CN1CCN(C(=O)CSc2ccc(C(F)(F)F)cn2)CC1. The number of alkyl halides is 3. The van der Waals surface area contributed by atoms with E-state index in [4.69, 9.17) is 0 Å². The number of pyridine rings is 1. The highest BCUT2D eigenvalue weighted by Crippen LogP contribution is 2.29. The Morgan fingerprint density at radius 3 is 2.28 bits per heavy atom. The van der Waals surface area contributed by atoms with E-state index in [1.807, 2.05) is 36.9 Å². The van der Waals surface area contributed by atoms with Crippen LogP contribution in [0.4, 0.5) is 18.9 Å². The minimum atomic E-state index is -4.43. The van der Waals surface area contributed by atoms with Crippen LogP contribution in [0.1, 0.15) is 16.7 Å². The number of carbonyl (C=O) groups is 2. The molecule has 1 aromatic heterocycles. The van der Waals surface area contributed by atoms with Crippen LogP contribution in [-0.2, 0) is 15.8 Å². The maximum absolute atomic E-state index is 12.6. The Morgan fingerprint density at radius 1 is 1.06 bits per heavy atom. The molecule has 172 valence electrons. The van der Waals surface area contributed by atoms with E-state index in [1.54, 1.807) is 4.90 Å². The Bertz CT molecular complexity index is 938. The smallest absolute Gasteiger partial charge is 0.339 e. The van der Waals surface area contributed by atoms with E-state index in [-0.39, 0.29) is 24.1 Å². The minimum absolute atomic E-state index is 0.0916. The van der Waals surface area contributed by atoms with Crippen LogP contribution < -0.4 is 5.32 Å². The van der Waals surface area contributed by atoms with Crippen molar-refractivity contribution in [1.82, 2.24) is 14.8 Å². The number of para-hydroxylation sites is 1. The summed E-state index contributed by atoms with van der Waals surface area (Å²) in [6, 6.07) is 8.08. The summed E-state index contributed by atoms with van der Waals surface area (Å²) in [4.78, 5) is 32.3. The molecule has 6 nitrogen and oxygen atoms in total. The van der Waals surface area contributed by atoms with Gasteiger partial charge >= 0.3 is 6.18 Å². The predicted octanol–water partition coefficient (Wildman–Crippen LogP) is 3.59. The molecule has 0 atom stereocenters. The molecule has 0 spiro atoms. The number of benzene rings is 1. The lowest BCUT2D eigenvalue weighted by Crippen LogP contribution is -2.50. The summed E-state index contributed by atoms with van der Waals surface area (Å²) in [5.41, 5.74) is 2.04. The molecular formula is C22H25F3N4O2S. The van der Waals surface area contributed by atoms with Crippen molar-refractivity contribution >= 4 is 29.3 Å². The summed E-state index contributed by atoms with van der Waals surface area (Å²) >= 11 is 1.11. The van der Waals surface area contributed by atoms with Crippen molar-refractivity contribution in [2.45, 2.75) is 25.0 Å². The summed E-state index contributed by atoms with van der Waals surface area (Å²) in [6.45, 7) is 6.30. The summed E-state index contributed by atoms with van der Waals surface area (Å²) in [7, 11) is 0. The van der Waals surface area contributed by atoms with Crippen molar-refractivity contribution in [3.63, 3.8) is 0 Å². The van der Waals surface area contributed by atoms with Gasteiger partial charge < -0.3 is 10.2 Å². The molecule has 1 fully saturated rings. The van der Waals surface area contributed by atoms with Gasteiger partial charge in [-0.05, 0) is 37.1 Å². The fraction of sp³-hybridized carbons (Fsp3) is 0.409. The minimum Gasteiger partial charge on any atom is -0.339 e. The van der Waals surface area contributed by atoms with Crippen LogP contribution in [0.2, 0.25) is 0 Å². The summed E-state index contributed by atoms with van der Waals surface area (Å²) in [6.07, 6.45) is -3.66. The zero-order valence-electron chi connectivity index (χ0n) is 17.9. The number of rotatable bonds is 6. The van der Waals surface area contributed by atoms with E-state index < -0.39 is 11.7 Å². The van der Waals surface area contributed by atoms with Crippen molar-refractivity contribution in [3.05, 3.63) is 53.2 Å². The first-order valence-electron chi connectivity index (χ1n) is 10.2. The van der Waals surface area contributed by atoms with Crippen molar-refractivity contribution < 1.29 is 22.8 Å². The Hall–Kier alpha value is -2.59. The highest BCUT2D eigenvalue weighted by atomic mass is 32.2. The fourth-order valence-corrected chi connectivity index (χ4v) is 4.15. The second kappa shape index (κ2) is 10.4. The number of hydrogen-bond acceptors (Lipinski definition) is 5. The van der Waals surface area contributed by atoms with Crippen molar-refractivity contribution in [2.75, 3.05) is 43.8 Å². The molecule has 0 aliphatic carbocycles. The zero-order valence-corrected chi connectivity index (χ0v) is 18.7. The van der Waals surface area contributed by atoms with Gasteiger partial charge in [-0.1, -0.05) is 30.0 Å². The van der Waals surface area contributed by atoms with Gasteiger partial charge in [-0.2, -0.15) is 13.2 Å². The Morgan fingerprint density at radius 2 is 1.72 bits per heavy atom. The number of anilines is 1. The average Bonchev–Trinajstić information content (AvgIpc) is 2.75. The molecule has 1 aliphatic rings. The molecule has 2 amide bonds. The molecule has 0 radical (unpaired) electrons. The zero-order chi connectivity index (χ0) is 23.3. The molecule has 1 N–H and O–H groups in total.